The maximum absolute atomic E-state index is 12.8. The van der Waals surface area contributed by atoms with Gasteiger partial charge in [0.05, 0.1) is 12.1 Å². The van der Waals surface area contributed by atoms with Crippen molar-refractivity contribution in [3.63, 3.8) is 0 Å². The van der Waals surface area contributed by atoms with Crippen molar-refractivity contribution in [1.29, 1.82) is 0 Å². The van der Waals surface area contributed by atoms with Gasteiger partial charge in [0, 0.05) is 47.0 Å². The first-order chi connectivity index (χ1) is 15.1. The molecule has 152 valence electrons. The minimum atomic E-state index is -0.0377. The molecule has 6 heteroatoms. The van der Waals surface area contributed by atoms with E-state index >= 15 is 0 Å². The zero-order valence-electron chi connectivity index (χ0n) is 17.3. The number of benzene rings is 1. The monoisotopic (exact) mass is 407 g/mol. The van der Waals surface area contributed by atoms with Gasteiger partial charge in [0.15, 0.2) is 0 Å². The molecule has 0 atom stereocenters. The Morgan fingerprint density at radius 3 is 2.39 bits per heavy atom. The molecule has 0 aliphatic rings. The Labute approximate surface area is 179 Å². The second-order valence-corrected chi connectivity index (χ2v) is 7.71. The van der Waals surface area contributed by atoms with E-state index in [0.717, 1.165) is 50.2 Å². The number of aromatic nitrogens is 5. The molecule has 0 aliphatic heterocycles. The lowest BCUT2D eigenvalue weighted by atomic mass is 10.0. The Hall–Kier alpha value is -4.06. The van der Waals surface area contributed by atoms with Gasteiger partial charge in [-0.15, -0.1) is 0 Å². The van der Waals surface area contributed by atoms with Crippen molar-refractivity contribution in [2.45, 2.75) is 20.4 Å². The average Bonchev–Trinajstić information content (AvgIpc) is 3.18. The number of H-pyrrole nitrogens is 1. The Morgan fingerprint density at radius 2 is 1.61 bits per heavy atom. The van der Waals surface area contributed by atoms with Crippen LogP contribution >= 0.6 is 0 Å². The fourth-order valence-corrected chi connectivity index (χ4v) is 3.82. The van der Waals surface area contributed by atoms with E-state index in [1.165, 1.54) is 0 Å². The SMILES string of the molecule is Cc1cc(Cn2ccc(-c3ccc4[nH]nc(-c5ccnc(C)c5)c4c3)cc2=O)ccn1. The maximum atomic E-state index is 12.8. The molecular formula is C25H21N5O. The molecule has 31 heavy (non-hydrogen) atoms. The predicted octanol–water partition coefficient (Wildman–Crippen LogP) is 4.51. The van der Waals surface area contributed by atoms with Crippen molar-refractivity contribution in [3.8, 4) is 22.4 Å². The summed E-state index contributed by atoms with van der Waals surface area (Å²) in [5.41, 5.74) is 7.60. The van der Waals surface area contributed by atoms with E-state index in [1.807, 2.05) is 62.5 Å². The quantitative estimate of drug-likeness (QED) is 0.475. The number of rotatable bonds is 4. The molecule has 5 rings (SSSR count). The second-order valence-electron chi connectivity index (χ2n) is 7.71. The third-order valence-corrected chi connectivity index (χ3v) is 5.38. The van der Waals surface area contributed by atoms with Crippen LogP contribution in [0.25, 0.3) is 33.3 Å². The summed E-state index contributed by atoms with van der Waals surface area (Å²) in [5, 5.41) is 8.61. The fourth-order valence-electron chi connectivity index (χ4n) is 3.82. The van der Waals surface area contributed by atoms with Crippen LogP contribution in [0.3, 0.4) is 0 Å². The standard InChI is InChI=1S/C25H21N5O/c1-16-11-18(5-8-26-16)15-30-10-7-20(14-24(30)31)19-3-4-23-22(13-19)25(29-28-23)21-6-9-27-17(2)12-21/h3-14H,15H2,1-2H3,(H,28,29). The van der Waals surface area contributed by atoms with Crippen molar-refractivity contribution in [2.24, 2.45) is 0 Å². The predicted molar refractivity (Wildman–Crippen MR) is 122 cm³/mol. The number of hydrogen-bond donors (Lipinski definition) is 1. The van der Waals surface area contributed by atoms with Gasteiger partial charge < -0.3 is 4.57 Å². The van der Waals surface area contributed by atoms with Crippen LogP contribution in [0.2, 0.25) is 0 Å². The molecular weight excluding hydrogens is 386 g/mol. The molecule has 0 fully saturated rings. The lowest BCUT2D eigenvalue weighted by Gasteiger charge is -2.08. The van der Waals surface area contributed by atoms with E-state index in [4.69, 9.17) is 0 Å². The average molecular weight is 407 g/mol. The van der Waals surface area contributed by atoms with Crippen molar-refractivity contribution in [2.75, 3.05) is 0 Å². The van der Waals surface area contributed by atoms with Gasteiger partial charge in [0.25, 0.3) is 5.56 Å². The fraction of sp³-hybridized carbons (Fsp3) is 0.120. The molecule has 0 bridgehead atoms. The number of aromatic amines is 1. The van der Waals surface area contributed by atoms with E-state index in [-0.39, 0.29) is 5.56 Å². The molecule has 4 heterocycles. The van der Waals surface area contributed by atoms with Crippen molar-refractivity contribution >= 4 is 10.9 Å². The van der Waals surface area contributed by atoms with Gasteiger partial charge in [-0.1, -0.05) is 6.07 Å². The van der Waals surface area contributed by atoms with Gasteiger partial charge >= 0.3 is 0 Å². The van der Waals surface area contributed by atoms with E-state index < -0.39 is 0 Å². The number of fused-ring (bicyclic) bond motifs is 1. The first-order valence-corrected chi connectivity index (χ1v) is 10.1. The molecule has 0 radical (unpaired) electrons. The molecule has 0 unspecified atom stereocenters. The highest BCUT2D eigenvalue weighted by molar-refractivity contribution is 5.95. The van der Waals surface area contributed by atoms with E-state index in [1.54, 1.807) is 23.0 Å². The molecule has 0 aliphatic carbocycles. The Bertz CT molecular complexity index is 1460. The summed E-state index contributed by atoms with van der Waals surface area (Å²) in [4.78, 5) is 21.2. The summed E-state index contributed by atoms with van der Waals surface area (Å²) in [6.45, 7) is 4.43. The summed E-state index contributed by atoms with van der Waals surface area (Å²) >= 11 is 0. The van der Waals surface area contributed by atoms with Crippen LogP contribution in [-0.2, 0) is 6.54 Å². The van der Waals surface area contributed by atoms with Crippen molar-refractivity contribution < 1.29 is 0 Å². The van der Waals surface area contributed by atoms with Crippen LogP contribution < -0.4 is 5.56 Å². The highest BCUT2D eigenvalue weighted by Crippen LogP contribution is 2.30. The zero-order valence-corrected chi connectivity index (χ0v) is 17.3. The second kappa shape index (κ2) is 7.65. The molecule has 6 nitrogen and oxygen atoms in total. The lowest BCUT2D eigenvalue weighted by Crippen LogP contribution is -2.19. The van der Waals surface area contributed by atoms with E-state index in [9.17, 15) is 4.79 Å². The van der Waals surface area contributed by atoms with Gasteiger partial charge in [0.1, 0.15) is 5.69 Å². The molecule has 4 aromatic heterocycles. The molecule has 1 N–H and O–H groups in total. The summed E-state index contributed by atoms with van der Waals surface area (Å²) in [5.74, 6) is 0. The Morgan fingerprint density at radius 1 is 0.839 bits per heavy atom. The van der Waals surface area contributed by atoms with Crippen molar-refractivity contribution in [1.82, 2.24) is 24.7 Å². The minimum absolute atomic E-state index is 0.0377. The number of hydrogen-bond acceptors (Lipinski definition) is 4. The highest BCUT2D eigenvalue weighted by Gasteiger charge is 2.11. The highest BCUT2D eigenvalue weighted by atomic mass is 16.1. The van der Waals surface area contributed by atoms with Crippen LogP contribution in [0.4, 0.5) is 0 Å². The van der Waals surface area contributed by atoms with Crippen LogP contribution in [-0.4, -0.2) is 24.7 Å². The van der Waals surface area contributed by atoms with Crippen LogP contribution in [0.1, 0.15) is 17.0 Å². The number of pyridine rings is 3. The minimum Gasteiger partial charge on any atom is -0.311 e. The topological polar surface area (TPSA) is 76.5 Å². The molecule has 0 amide bonds. The molecule has 0 saturated carbocycles. The third-order valence-electron chi connectivity index (χ3n) is 5.38. The molecule has 1 aromatic carbocycles. The van der Waals surface area contributed by atoms with Crippen LogP contribution in [0.15, 0.2) is 78.0 Å². The number of nitrogens with zero attached hydrogens (tertiary/aromatic N) is 4. The smallest absolute Gasteiger partial charge is 0.251 e. The maximum Gasteiger partial charge on any atom is 0.251 e. The summed E-state index contributed by atoms with van der Waals surface area (Å²) in [7, 11) is 0. The molecule has 0 spiro atoms. The van der Waals surface area contributed by atoms with Crippen LogP contribution in [0, 0.1) is 13.8 Å². The Balaban J connectivity index is 1.51. The van der Waals surface area contributed by atoms with Crippen molar-refractivity contribution in [3.05, 3.63) is 100 Å². The first kappa shape index (κ1) is 18.9. The molecule has 0 saturated heterocycles. The first-order valence-electron chi connectivity index (χ1n) is 10.1. The molecule has 5 aromatic rings. The zero-order chi connectivity index (χ0) is 21.4. The van der Waals surface area contributed by atoms with Gasteiger partial charge in [0.2, 0.25) is 0 Å². The van der Waals surface area contributed by atoms with Gasteiger partial charge in [-0.25, -0.2) is 0 Å². The Kier molecular flexibility index (Phi) is 4.67. The van der Waals surface area contributed by atoms with Crippen LogP contribution in [0.5, 0.6) is 0 Å². The van der Waals surface area contributed by atoms with Gasteiger partial charge in [-0.3, -0.25) is 19.9 Å². The number of aryl methyl sites for hydroxylation is 2. The van der Waals surface area contributed by atoms with E-state index in [2.05, 4.69) is 26.2 Å². The normalized spacial score (nSPS) is 11.2. The largest absolute Gasteiger partial charge is 0.311 e. The van der Waals surface area contributed by atoms with Gasteiger partial charge in [-0.2, -0.15) is 5.10 Å². The third kappa shape index (κ3) is 3.75. The van der Waals surface area contributed by atoms with Gasteiger partial charge in [-0.05, 0) is 73.0 Å². The van der Waals surface area contributed by atoms with E-state index in [0.29, 0.717) is 6.54 Å². The lowest BCUT2D eigenvalue weighted by molar-refractivity contribution is 0.758. The summed E-state index contributed by atoms with van der Waals surface area (Å²) in [6, 6.07) is 17.7. The summed E-state index contributed by atoms with van der Waals surface area (Å²) < 4.78 is 1.71. The summed E-state index contributed by atoms with van der Waals surface area (Å²) in [6.07, 6.45) is 5.41. The number of nitrogens with one attached hydrogen (secondary N) is 1.